The molecule has 0 unspecified atom stereocenters. The second kappa shape index (κ2) is 9.25. The maximum absolute atomic E-state index is 13.4. The van der Waals surface area contributed by atoms with Gasteiger partial charge in [0.05, 0.1) is 30.9 Å². The molecule has 3 heterocycles. The van der Waals surface area contributed by atoms with Crippen LogP contribution >= 0.6 is 11.3 Å². The van der Waals surface area contributed by atoms with Crippen molar-refractivity contribution < 1.29 is 22.4 Å². The van der Waals surface area contributed by atoms with Crippen LogP contribution in [0.15, 0.2) is 63.4 Å². The van der Waals surface area contributed by atoms with Gasteiger partial charge in [-0.2, -0.15) is 4.31 Å². The van der Waals surface area contributed by atoms with Crippen LogP contribution in [0, 0.1) is 0 Å². The average Bonchev–Trinajstić information content (AvgIpc) is 3.45. The first-order valence-corrected chi connectivity index (χ1v) is 12.4. The minimum atomic E-state index is -3.92. The van der Waals surface area contributed by atoms with E-state index in [9.17, 15) is 13.2 Å². The SMILES string of the molecule is CCOc1ccc(S(=O)(=O)N(CC(=O)N2CCc3sccc3C2)Cc2ccco2)cc1. The average molecular weight is 461 g/mol. The fourth-order valence-electron chi connectivity index (χ4n) is 3.54. The number of carbonyl (C=O) groups excluding carboxylic acids is 1. The van der Waals surface area contributed by atoms with Crippen molar-refractivity contribution in [2.75, 3.05) is 19.7 Å². The molecule has 0 saturated carbocycles. The molecule has 0 radical (unpaired) electrons. The molecule has 31 heavy (non-hydrogen) atoms. The van der Waals surface area contributed by atoms with Crippen molar-refractivity contribution >= 4 is 27.3 Å². The molecule has 7 nitrogen and oxygen atoms in total. The van der Waals surface area contributed by atoms with Crippen molar-refractivity contribution in [2.45, 2.75) is 31.3 Å². The van der Waals surface area contributed by atoms with E-state index >= 15 is 0 Å². The van der Waals surface area contributed by atoms with E-state index in [4.69, 9.17) is 9.15 Å². The molecule has 0 atom stereocenters. The molecule has 0 bridgehead atoms. The van der Waals surface area contributed by atoms with Gasteiger partial charge in [-0.25, -0.2) is 8.42 Å². The Bertz CT molecular complexity index is 1120. The van der Waals surface area contributed by atoms with Crippen LogP contribution in [0.4, 0.5) is 0 Å². The van der Waals surface area contributed by atoms with Gasteiger partial charge in [0.1, 0.15) is 11.5 Å². The van der Waals surface area contributed by atoms with E-state index in [2.05, 4.69) is 0 Å². The Morgan fingerprint density at radius 1 is 1.23 bits per heavy atom. The molecule has 3 aromatic rings. The predicted octanol–water partition coefficient (Wildman–Crippen LogP) is 3.52. The van der Waals surface area contributed by atoms with Crippen molar-refractivity contribution in [1.29, 1.82) is 0 Å². The molecule has 1 amide bonds. The molecule has 0 N–H and O–H groups in total. The van der Waals surface area contributed by atoms with Gasteiger partial charge >= 0.3 is 0 Å². The molecule has 0 fully saturated rings. The maximum atomic E-state index is 13.4. The molecule has 1 aromatic carbocycles. The van der Waals surface area contributed by atoms with Crippen molar-refractivity contribution in [3.05, 3.63) is 70.3 Å². The van der Waals surface area contributed by atoms with Gasteiger partial charge in [0.25, 0.3) is 0 Å². The third kappa shape index (κ3) is 4.84. The van der Waals surface area contributed by atoms with Gasteiger partial charge in [-0.1, -0.05) is 0 Å². The highest BCUT2D eigenvalue weighted by atomic mass is 32.2. The number of ether oxygens (including phenoxy) is 1. The van der Waals surface area contributed by atoms with E-state index in [-0.39, 0.29) is 23.9 Å². The first kappa shape index (κ1) is 21.6. The van der Waals surface area contributed by atoms with Gasteiger partial charge in [0.2, 0.25) is 15.9 Å². The van der Waals surface area contributed by atoms with Crippen molar-refractivity contribution in [2.24, 2.45) is 0 Å². The van der Waals surface area contributed by atoms with Crippen LogP contribution in [-0.2, 0) is 34.3 Å². The summed E-state index contributed by atoms with van der Waals surface area (Å²) in [4.78, 5) is 16.2. The summed E-state index contributed by atoms with van der Waals surface area (Å²) in [6.07, 6.45) is 2.28. The topological polar surface area (TPSA) is 80.1 Å². The molecule has 164 valence electrons. The van der Waals surface area contributed by atoms with Crippen molar-refractivity contribution in [3.63, 3.8) is 0 Å². The molecule has 0 spiro atoms. The minimum absolute atomic E-state index is 0.0220. The Hall–Kier alpha value is -2.62. The molecular weight excluding hydrogens is 436 g/mol. The molecule has 9 heteroatoms. The van der Waals surface area contributed by atoms with Crippen LogP contribution in [0.2, 0.25) is 0 Å². The fourth-order valence-corrected chi connectivity index (χ4v) is 5.78. The number of furan rings is 1. The Labute approximate surface area is 185 Å². The van der Waals surface area contributed by atoms with E-state index in [1.165, 1.54) is 27.6 Å². The minimum Gasteiger partial charge on any atom is -0.494 e. The van der Waals surface area contributed by atoms with Gasteiger partial charge in [0, 0.05) is 18.0 Å². The molecule has 2 aromatic heterocycles. The zero-order valence-electron chi connectivity index (χ0n) is 17.2. The lowest BCUT2D eigenvalue weighted by atomic mass is 10.1. The molecule has 0 aliphatic carbocycles. The largest absolute Gasteiger partial charge is 0.494 e. The number of hydrogen-bond acceptors (Lipinski definition) is 6. The fraction of sp³-hybridized carbons (Fsp3) is 0.318. The highest BCUT2D eigenvalue weighted by Gasteiger charge is 2.30. The van der Waals surface area contributed by atoms with Gasteiger partial charge < -0.3 is 14.1 Å². The predicted molar refractivity (Wildman–Crippen MR) is 117 cm³/mol. The number of sulfonamides is 1. The van der Waals surface area contributed by atoms with E-state index in [1.54, 1.807) is 40.5 Å². The summed E-state index contributed by atoms with van der Waals surface area (Å²) in [5.41, 5.74) is 1.14. The monoisotopic (exact) mass is 460 g/mol. The lowest BCUT2D eigenvalue weighted by Crippen LogP contribution is -2.44. The van der Waals surface area contributed by atoms with Crippen LogP contribution in [0.5, 0.6) is 5.75 Å². The Morgan fingerprint density at radius 2 is 2.03 bits per heavy atom. The number of nitrogens with zero attached hydrogens (tertiary/aromatic N) is 2. The molecular formula is C22H24N2O5S2. The number of thiophene rings is 1. The van der Waals surface area contributed by atoms with Gasteiger partial charge in [-0.15, -0.1) is 11.3 Å². The molecule has 1 aliphatic rings. The summed E-state index contributed by atoms with van der Waals surface area (Å²) in [5, 5.41) is 2.03. The standard InChI is InChI=1S/C22H24N2O5S2/c1-2-28-18-5-7-20(8-6-18)31(26,27)24(15-19-4-3-12-29-19)16-22(25)23-11-9-21-17(14-23)10-13-30-21/h3-8,10,12-13H,2,9,11,14-16H2,1H3. The van der Waals surface area contributed by atoms with Crippen LogP contribution < -0.4 is 4.74 Å². The number of amides is 1. The first-order valence-electron chi connectivity index (χ1n) is 10.1. The first-order chi connectivity index (χ1) is 15.0. The molecule has 0 saturated heterocycles. The van der Waals surface area contributed by atoms with E-state index in [0.717, 1.165) is 12.0 Å². The quantitative estimate of drug-likeness (QED) is 0.514. The second-order valence-electron chi connectivity index (χ2n) is 7.19. The third-order valence-corrected chi connectivity index (χ3v) is 7.99. The number of fused-ring (bicyclic) bond motifs is 1. The maximum Gasteiger partial charge on any atom is 0.243 e. The van der Waals surface area contributed by atoms with Crippen LogP contribution in [0.25, 0.3) is 0 Å². The smallest absolute Gasteiger partial charge is 0.243 e. The normalized spacial score (nSPS) is 13.9. The highest BCUT2D eigenvalue weighted by Crippen LogP contribution is 2.25. The van der Waals surface area contributed by atoms with Crippen molar-refractivity contribution in [1.82, 2.24) is 9.21 Å². The second-order valence-corrected chi connectivity index (χ2v) is 10.1. The third-order valence-electron chi connectivity index (χ3n) is 5.16. The van der Waals surface area contributed by atoms with E-state index in [0.29, 0.717) is 31.2 Å². The van der Waals surface area contributed by atoms with Gasteiger partial charge in [0.15, 0.2) is 0 Å². The van der Waals surface area contributed by atoms with Crippen LogP contribution in [-0.4, -0.2) is 43.2 Å². The molecule has 4 rings (SSSR count). The summed E-state index contributed by atoms with van der Waals surface area (Å²) in [5.74, 6) is 0.842. The lowest BCUT2D eigenvalue weighted by molar-refractivity contribution is -0.132. The Balaban J connectivity index is 1.55. The number of benzene rings is 1. The van der Waals surface area contributed by atoms with Crippen LogP contribution in [0.3, 0.4) is 0 Å². The number of carbonyl (C=O) groups is 1. The number of hydrogen-bond donors (Lipinski definition) is 0. The zero-order chi connectivity index (χ0) is 21.8. The summed E-state index contributed by atoms with van der Waals surface area (Å²) in [7, 11) is -3.92. The Morgan fingerprint density at radius 3 is 2.74 bits per heavy atom. The Kier molecular flexibility index (Phi) is 6.45. The summed E-state index contributed by atoms with van der Waals surface area (Å²) < 4.78 is 38.7. The summed E-state index contributed by atoms with van der Waals surface area (Å²) in [6.45, 7) is 3.18. The van der Waals surface area contributed by atoms with Crippen molar-refractivity contribution in [3.8, 4) is 5.75 Å². The van der Waals surface area contributed by atoms with Gasteiger partial charge in [-0.3, -0.25) is 4.79 Å². The highest BCUT2D eigenvalue weighted by molar-refractivity contribution is 7.89. The summed E-state index contributed by atoms with van der Waals surface area (Å²) >= 11 is 1.69. The number of rotatable bonds is 8. The van der Waals surface area contributed by atoms with Gasteiger partial charge in [-0.05, 0) is 66.8 Å². The summed E-state index contributed by atoms with van der Waals surface area (Å²) in [6, 6.07) is 11.6. The van der Waals surface area contributed by atoms with Crippen LogP contribution in [0.1, 0.15) is 23.1 Å². The lowest BCUT2D eigenvalue weighted by Gasteiger charge is -2.29. The zero-order valence-corrected chi connectivity index (χ0v) is 18.8. The van der Waals surface area contributed by atoms with E-state index in [1.807, 2.05) is 18.4 Å². The van der Waals surface area contributed by atoms with E-state index < -0.39 is 10.0 Å². The molecule has 1 aliphatic heterocycles.